The molecule has 3 rings (SSSR count). The second-order valence-corrected chi connectivity index (χ2v) is 6.72. The summed E-state index contributed by atoms with van der Waals surface area (Å²) in [6, 6.07) is 2.08. The highest BCUT2D eigenvalue weighted by molar-refractivity contribution is 5.55. The molecular formula is C16H16F6O2. The lowest BCUT2D eigenvalue weighted by atomic mass is 9.85. The van der Waals surface area contributed by atoms with Gasteiger partial charge in [-0.05, 0) is 31.7 Å². The van der Waals surface area contributed by atoms with E-state index >= 15 is 0 Å². The number of rotatable bonds is 4. The average molecular weight is 354 g/mol. The molecule has 0 aliphatic heterocycles. The zero-order valence-corrected chi connectivity index (χ0v) is 12.8. The Kier molecular flexibility index (Phi) is 3.56. The lowest BCUT2D eigenvalue weighted by molar-refractivity contribution is -0.161. The fourth-order valence-electron chi connectivity index (χ4n) is 3.44. The van der Waals surface area contributed by atoms with Crippen molar-refractivity contribution in [3.8, 4) is 11.5 Å². The Labute approximate surface area is 134 Å². The molecule has 0 amide bonds. The first-order valence-corrected chi connectivity index (χ1v) is 7.50. The largest absolute Gasteiger partial charge is 0.508 e. The summed E-state index contributed by atoms with van der Waals surface area (Å²) >= 11 is 0. The molecule has 8 heteroatoms. The van der Waals surface area contributed by atoms with Crippen molar-refractivity contribution < 1.29 is 36.2 Å². The van der Waals surface area contributed by atoms with Crippen molar-refractivity contribution in [2.24, 2.45) is 0 Å². The van der Waals surface area contributed by atoms with E-state index in [4.69, 9.17) is 4.74 Å². The van der Waals surface area contributed by atoms with Crippen molar-refractivity contribution in [1.82, 2.24) is 0 Å². The maximum absolute atomic E-state index is 13.4. The first kappa shape index (κ1) is 17.2. The third-order valence-corrected chi connectivity index (χ3v) is 5.09. The summed E-state index contributed by atoms with van der Waals surface area (Å²) in [7, 11) is 1.17. The summed E-state index contributed by atoms with van der Waals surface area (Å²) in [6.07, 6.45) is -10.0. The van der Waals surface area contributed by atoms with Crippen LogP contribution < -0.4 is 4.74 Å². The summed E-state index contributed by atoms with van der Waals surface area (Å²) < 4.78 is 83.6. The number of hydrogen-bond donors (Lipinski definition) is 1. The minimum atomic E-state index is -4.52. The van der Waals surface area contributed by atoms with Gasteiger partial charge in [-0.15, -0.1) is 0 Å². The van der Waals surface area contributed by atoms with Gasteiger partial charge in [-0.3, -0.25) is 0 Å². The van der Waals surface area contributed by atoms with Gasteiger partial charge in [0.05, 0.1) is 18.9 Å². The van der Waals surface area contributed by atoms with E-state index in [1.54, 1.807) is 0 Å². The quantitative estimate of drug-likeness (QED) is 0.773. The summed E-state index contributed by atoms with van der Waals surface area (Å²) in [6.45, 7) is 0. The lowest BCUT2D eigenvalue weighted by Gasteiger charge is -2.26. The van der Waals surface area contributed by atoms with E-state index in [1.807, 2.05) is 0 Å². The molecule has 2 aliphatic rings. The highest BCUT2D eigenvalue weighted by atomic mass is 19.4. The highest BCUT2D eigenvalue weighted by Gasteiger charge is 2.66. The van der Waals surface area contributed by atoms with Gasteiger partial charge < -0.3 is 9.84 Å². The van der Waals surface area contributed by atoms with Crippen LogP contribution in [0.15, 0.2) is 12.1 Å². The molecule has 24 heavy (non-hydrogen) atoms. The van der Waals surface area contributed by atoms with Gasteiger partial charge in [0.1, 0.15) is 11.5 Å². The number of methoxy groups -OCH3 is 1. The van der Waals surface area contributed by atoms with E-state index in [2.05, 4.69) is 0 Å². The molecule has 1 N–H and O–H groups in total. The zero-order chi connectivity index (χ0) is 18.0. The number of hydrogen-bond acceptors (Lipinski definition) is 2. The molecule has 0 saturated heterocycles. The van der Waals surface area contributed by atoms with Crippen molar-refractivity contribution in [3.63, 3.8) is 0 Å². The number of phenols is 1. The van der Waals surface area contributed by atoms with Crippen LogP contribution in [0.2, 0.25) is 0 Å². The Morgan fingerprint density at radius 1 is 1.00 bits per heavy atom. The van der Waals surface area contributed by atoms with Crippen molar-refractivity contribution in [1.29, 1.82) is 0 Å². The van der Waals surface area contributed by atoms with Gasteiger partial charge in [0.15, 0.2) is 0 Å². The first-order valence-electron chi connectivity index (χ1n) is 7.50. The Hall–Kier alpha value is -1.60. The molecule has 2 fully saturated rings. The second-order valence-electron chi connectivity index (χ2n) is 6.72. The van der Waals surface area contributed by atoms with Crippen LogP contribution in [0, 0.1) is 0 Å². The number of benzene rings is 1. The van der Waals surface area contributed by atoms with Crippen LogP contribution in [-0.4, -0.2) is 24.6 Å². The smallest absolute Gasteiger partial charge is 0.398 e. The Balaban J connectivity index is 2.09. The Morgan fingerprint density at radius 2 is 1.58 bits per heavy atom. The normalized spacial score (nSPS) is 21.5. The molecule has 1 aromatic rings. The van der Waals surface area contributed by atoms with Gasteiger partial charge in [-0.25, -0.2) is 0 Å². The molecule has 2 aliphatic carbocycles. The summed E-state index contributed by atoms with van der Waals surface area (Å²) in [5.74, 6) is -0.593. The number of alkyl halides is 6. The molecule has 134 valence electrons. The van der Waals surface area contributed by atoms with E-state index in [1.165, 1.54) is 7.11 Å². The molecule has 2 nitrogen and oxygen atoms in total. The number of ether oxygens (including phenoxy) is 1. The highest BCUT2D eigenvalue weighted by Crippen LogP contribution is 2.63. The molecule has 1 aromatic carbocycles. The van der Waals surface area contributed by atoms with Gasteiger partial charge in [0, 0.05) is 22.6 Å². The van der Waals surface area contributed by atoms with Crippen LogP contribution in [0.4, 0.5) is 26.3 Å². The zero-order valence-electron chi connectivity index (χ0n) is 12.8. The predicted molar refractivity (Wildman–Crippen MR) is 73.2 cm³/mol. The van der Waals surface area contributed by atoms with Crippen molar-refractivity contribution in [3.05, 3.63) is 23.3 Å². The number of phenolic OH excluding ortho intramolecular Hbond substituents is 1. The third kappa shape index (κ3) is 2.69. The summed E-state index contributed by atoms with van der Waals surface area (Å²) in [5.41, 5.74) is -3.66. The van der Waals surface area contributed by atoms with Crippen LogP contribution in [0.3, 0.4) is 0 Å². The Bertz CT molecular complexity index is 654. The van der Waals surface area contributed by atoms with E-state index in [0.29, 0.717) is 0 Å². The number of aromatic hydroxyl groups is 1. The van der Waals surface area contributed by atoms with Gasteiger partial charge >= 0.3 is 12.4 Å². The SMILES string of the molecule is COc1cc(O)c(C2(CC(F)(F)F)CC2)cc1C1(C(F)(F)F)CC1. The van der Waals surface area contributed by atoms with E-state index in [9.17, 15) is 31.4 Å². The lowest BCUT2D eigenvalue weighted by Crippen LogP contribution is -2.29. The maximum atomic E-state index is 13.4. The molecule has 0 radical (unpaired) electrons. The van der Waals surface area contributed by atoms with E-state index in [0.717, 1.165) is 12.1 Å². The van der Waals surface area contributed by atoms with Gasteiger partial charge in [-0.1, -0.05) is 0 Å². The van der Waals surface area contributed by atoms with E-state index in [-0.39, 0.29) is 42.6 Å². The summed E-state index contributed by atoms with van der Waals surface area (Å²) in [4.78, 5) is 0. The molecule has 0 heterocycles. The fourth-order valence-corrected chi connectivity index (χ4v) is 3.44. The van der Waals surface area contributed by atoms with E-state index < -0.39 is 35.4 Å². The second kappa shape index (κ2) is 4.95. The standard InChI is InChI=1S/C16H16F6O2/c1-24-12-7-11(23)9(13(2-3-13)8-15(17,18)19)6-10(12)14(4-5-14)16(20,21)22/h6-7,23H,2-5,8H2,1H3. The van der Waals surface area contributed by atoms with Crippen LogP contribution in [-0.2, 0) is 10.8 Å². The molecule has 0 bridgehead atoms. The topological polar surface area (TPSA) is 29.5 Å². The minimum Gasteiger partial charge on any atom is -0.508 e. The molecule has 2 saturated carbocycles. The van der Waals surface area contributed by atoms with Crippen LogP contribution in [0.5, 0.6) is 11.5 Å². The van der Waals surface area contributed by atoms with Crippen molar-refractivity contribution >= 4 is 0 Å². The van der Waals surface area contributed by atoms with Crippen molar-refractivity contribution in [2.45, 2.75) is 55.3 Å². The average Bonchev–Trinajstić information content (AvgIpc) is 3.30. The number of halogens is 6. The monoisotopic (exact) mass is 354 g/mol. The fraction of sp³-hybridized carbons (Fsp3) is 0.625. The van der Waals surface area contributed by atoms with Gasteiger partial charge in [-0.2, -0.15) is 26.3 Å². The predicted octanol–water partition coefficient (Wildman–Crippen LogP) is 4.98. The molecule has 0 unspecified atom stereocenters. The molecule has 0 atom stereocenters. The Morgan fingerprint density at radius 3 is 1.96 bits per heavy atom. The van der Waals surface area contributed by atoms with Gasteiger partial charge in [0.25, 0.3) is 0 Å². The summed E-state index contributed by atoms with van der Waals surface area (Å²) in [5, 5.41) is 10.1. The van der Waals surface area contributed by atoms with Crippen LogP contribution >= 0.6 is 0 Å². The first-order chi connectivity index (χ1) is 10.9. The third-order valence-electron chi connectivity index (χ3n) is 5.09. The molecule has 0 spiro atoms. The minimum absolute atomic E-state index is 0.0637. The van der Waals surface area contributed by atoms with Crippen LogP contribution in [0.25, 0.3) is 0 Å². The van der Waals surface area contributed by atoms with Gasteiger partial charge in [0.2, 0.25) is 0 Å². The van der Waals surface area contributed by atoms with Crippen molar-refractivity contribution in [2.75, 3.05) is 7.11 Å². The molecular weight excluding hydrogens is 338 g/mol. The maximum Gasteiger partial charge on any atom is 0.398 e. The molecule has 0 aromatic heterocycles. The van der Waals surface area contributed by atoms with Crippen LogP contribution in [0.1, 0.15) is 43.2 Å².